The standard InChI is InChI=1S/C15H11N5O3/c21-14-7-6-13(20(22)23)8-12(14)9-17-19-10-16-18-15(19)11-4-2-1-3-5-11/h1-10,21H/p-1/b17-9-. The van der Waals surface area contributed by atoms with Gasteiger partial charge in [-0.2, -0.15) is 9.78 Å². The number of benzene rings is 2. The second kappa shape index (κ2) is 6.06. The fourth-order valence-electron chi connectivity index (χ4n) is 1.97. The molecule has 0 aliphatic rings. The van der Waals surface area contributed by atoms with Crippen molar-refractivity contribution in [1.82, 2.24) is 14.9 Å². The SMILES string of the molecule is O=[N+]([O-])c1ccc([O-])c(/C=N\n2cnnc2-c2ccccc2)c1. The van der Waals surface area contributed by atoms with Crippen molar-refractivity contribution in [3.05, 3.63) is 70.5 Å². The van der Waals surface area contributed by atoms with Gasteiger partial charge < -0.3 is 5.11 Å². The average Bonchev–Trinajstić information content (AvgIpc) is 3.03. The first-order chi connectivity index (χ1) is 11.1. The Morgan fingerprint density at radius 1 is 1.17 bits per heavy atom. The molecular weight excluding hydrogens is 298 g/mol. The molecule has 114 valence electrons. The third-order valence-electron chi connectivity index (χ3n) is 3.09. The monoisotopic (exact) mass is 308 g/mol. The maximum absolute atomic E-state index is 11.8. The summed E-state index contributed by atoms with van der Waals surface area (Å²) in [5.74, 6) is 0.147. The molecule has 0 spiro atoms. The quantitative estimate of drug-likeness (QED) is 0.415. The molecule has 0 fully saturated rings. The van der Waals surface area contributed by atoms with Gasteiger partial charge in [-0.1, -0.05) is 42.1 Å². The van der Waals surface area contributed by atoms with Crippen LogP contribution in [0.3, 0.4) is 0 Å². The van der Waals surface area contributed by atoms with Crippen LogP contribution in [0.15, 0.2) is 60.0 Å². The summed E-state index contributed by atoms with van der Waals surface area (Å²) < 4.78 is 1.40. The first-order valence-electron chi connectivity index (χ1n) is 6.60. The predicted octanol–water partition coefficient (Wildman–Crippen LogP) is 1.81. The maximum Gasteiger partial charge on any atom is 0.270 e. The van der Waals surface area contributed by atoms with E-state index in [9.17, 15) is 15.2 Å². The smallest absolute Gasteiger partial charge is 0.270 e. The minimum Gasteiger partial charge on any atom is -0.872 e. The summed E-state index contributed by atoms with van der Waals surface area (Å²) in [6.45, 7) is 0. The molecular formula is C15H10N5O3-. The predicted molar refractivity (Wildman–Crippen MR) is 81.0 cm³/mol. The van der Waals surface area contributed by atoms with Crippen molar-refractivity contribution in [3.63, 3.8) is 0 Å². The zero-order chi connectivity index (χ0) is 16.2. The molecule has 0 saturated heterocycles. The number of rotatable bonds is 4. The van der Waals surface area contributed by atoms with Gasteiger partial charge in [0.05, 0.1) is 11.1 Å². The molecule has 0 unspecified atom stereocenters. The Balaban J connectivity index is 1.95. The molecule has 23 heavy (non-hydrogen) atoms. The van der Waals surface area contributed by atoms with E-state index in [2.05, 4.69) is 15.3 Å². The van der Waals surface area contributed by atoms with Gasteiger partial charge in [-0.25, -0.2) is 0 Å². The summed E-state index contributed by atoms with van der Waals surface area (Å²) in [4.78, 5) is 10.2. The van der Waals surface area contributed by atoms with Crippen LogP contribution in [0.2, 0.25) is 0 Å². The van der Waals surface area contributed by atoms with E-state index in [1.165, 1.54) is 23.3 Å². The first-order valence-corrected chi connectivity index (χ1v) is 6.60. The lowest BCUT2D eigenvalue weighted by Crippen LogP contribution is -2.00. The van der Waals surface area contributed by atoms with Crippen LogP contribution >= 0.6 is 0 Å². The van der Waals surface area contributed by atoms with Crippen LogP contribution in [0.1, 0.15) is 5.56 Å². The van der Waals surface area contributed by atoms with Crippen LogP contribution in [0.5, 0.6) is 5.75 Å². The number of hydrogen-bond donors (Lipinski definition) is 0. The number of nitro groups is 1. The highest BCUT2D eigenvalue weighted by Crippen LogP contribution is 2.20. The number of nitro benzene ring substituents is 1. The topological polar surface area (TPSA) is 109 Å². The number of hydrogen-bond acceptors (Lipinski definition) is 6. The Morgan fingerprint density at radius 3 is 2.70 bits per heavy atom. The third-order valence-corrected chi connectivity index (χ3v) is 3.09. The van der Waals surface area contributed by atoms with E-state index in [4.69, 9.17) is 0 Å². The van der Waals surface area contributed by atoms with Crippen molar-refractivity contribution >= 4 is 11.9 Å². The van der Waals surface area contributed by atoms with E-state index in [-0.39, 0.29) is 17.0 Å². The molecule has 0 aliphatic heterocycles. The van der Waals surface area contributed by atoms with E-state index in [1.54, 1.807) is 0 Å². The van der Waals surface area contributed by atoms with Crippen LogP contribution in [0, 0.1) is 10.1 Å². The van der Waals surface area contributed by atoms with E-state index < -0.39 is 4.92 Å². The third kappa shape index (κ3) is 3.05. The summed E-state index contributed by atoms with van der Waals surface area (Å²) in [6.07, 6.45) is 2.64. The summed E-state index contributed by atoms with van der Waals surface area (Å²) in [6, 6.07) is 12.8. The molecule has 0 bridgehead atoms. The van der Waals surface area contributed by atoms with Gasteiger partial charge in [0.15, 0.2) is 5.82 Å². The summed E-state index contributed by atoms with van der Waals surface area (Å²) in [5.41, 5.74) is 0.758. The Morgan fingerprint density at radius 2 is 1.96 bits per heavy atom. The van der Waals surface area contributed by atoms with Crippen molar-refractivity contribution in [1.29, 1.82) is 0 Å². The van der Waals surface area contributed by atoms with Crippen LogP contribution in [-0.4, -0.2) is 26.0 Å². The van der Waals surface area contributed by atoms with Crippen molar-refractivity contribution < 1.29 is 10.0 Å². The fourth-order valence-corrected chi connectivity index (χ4v) is 1.97. The second-order valence-electron chi connectivity index (χ2n) is 4.59. The van der Waals surface area contributed by atoms with Crippen molar-refractivity contribution in [2.24, 2.45) is 5.10 Å². The van der Waals surface area contributed by atoms with Gasteiger partial charge in [0, 0.05) is 17.7 Å². The molecule has 3 rings (SSSR count). The van der Waals surface area contributed by atoms with Crippen LogP contribution in [0.25, 0.3) is 11.4 Å². The second-order valence-corrected chi connectivity index (χ2v) is 4.59. The van der Waals surface area contributed by atoms with Crippen LogP contribution in [0.4, 0.5) is 5.69 Å². The summed E-state index contributed by atoms with van der Waals surface area (Å²) in [7, 11) is 0. The van der Waals surface area contributed by atoms with E-state index in [0.717, 1.165) is 17.7 Å². The minimum atomic E-state index is -0.565. The molecule has 0 N–H and O–H groups in total. The van der Waals surface area contributed by atoms with E-state index >= 15 is 0 Å². The van der Waals surface area contributed by atoms with Crippen molar-refractivity contribution in [3.8, 4) is 17.1 Å². The van der Waals surface area contributed by atoms with Crippen molar-refractivity contribution in [2.45, 2.75) is 0 Å². The molecule has 8 nitrogen and oxygen atoms in total. The van der Waals surface area contributed by atoms with Gasteiger partial charge >= 0.3 is 0 Å². The Kier molecular flexibility index (Phi) is 3.79. The molecule has 1 heterocycles. The van der Waals surface area contributed by atoms with Gasteiger partial charge in [-0.15, -0.1) is 10.2 Å². The fraction of sp³-hybridized carbons (Fsp3) is 0. The maximum atomic E-state index is 11.8. The van der Waals surface area contributed by atoms with E-state index in [0.29, 0.717) is 5.82 Å². The highest BCUT2D eigenvalue weighted by molar-refractivity contribution is 5.84. The lowest BCUT2D eigenvalue weighted by molar-refractivity contribution is -0.385. The number of non-ortho nitro benzene ring substituents is 1. The molecule has 0 amide bonds. The van der Waals surface area contributed by atoms with Crippen LogP contribution < -0.4 is 5.11 Å². The zero-order valence-corrected chi connectivity index (χ0v) is 11.7. The Hall–Kier alpha value is -3.55. The summed E-state index contributed by atoms with van der Waals surface area (Å²) in [5, 5.41) is 34.4. The molecule has 0 saturated carbocycles. The molecule has 3 aromatic rings. The highest BCUT2D eigenvalue weighted by atomic mass is 16.6. The van der Waals surface area contributed by atoms with Gasteiger partial charge in [-0.3, -0.25) is 10.1 Å². The van der Waals surface area contributed by atoms with Gasteiger partial charge in [0.1, 0.15) is 6.33 Å². The zero-order valence-electron chi connectivity index (χ0n) is 11.7. The van der Waals surface area contributed by atoms with Crippen molar-refractivity contribution in [2.75, 3.05) is 0 Å². The lowest BCUT2D eigenvalue weighted by Gasteiger charge is -2.08. The minimum absolute atomic E-state index is 0.118. The molecule has 2 aromatic carbocycles. The normalized spacial score (nSPS) is 11.0. The van der Waals surface area contributed by atoms with E-state index in [1.807, 2.05) is 30.3 Å². The highest BCUT2D eigenvalue weighted by Gasteiger charge is 2.07. The first kappa shape index (κ1) is 14.4. The molecule has 0 atom stereocenters. The van der Waals surface area contributed by atoms with Gasteiger partial charge in [-0.05, 0) is 5.56 Å². The van der Waals surface area contributed by atoms with Crippen LogP contribution in [-0.2, 0) is 0 Å². The Bertz CT molecular complexity index is 874. The van der Waals surface area contributed by atoms with Gasteiger partial charge in [0.25, 0.3) is 5.69 Å². The largest absolute Gasteiger partial charge is 0.872 e. The molecule has 1 aromatic heterocycles. The average molecular weight is 308 g/mol. The lowest BCUT2D eigenvalue weighted by atomic mass is 10.2. The molecule has 0 radical (unpaired) electrons. The summed E-state index contributed by atoms with van der Waals surface area (Å²) >= 11 is 0. The Labute approximate surface area is 130 Å². The number of nitrogens with zero attached hydrogens (tertiary/aromatic N) is 5. The molecule has 0 aliphatic carbocycles. The van der Waals surface area contributed by atoms with Gasteiger partial charge in [0.2, 0.25) is 0 Å². The molecule has 8 heteroatoms. The number of aromatic nitrogens is 3.